The minimum atomic E-state index is -0.760. The minimum Gasteiger partial charge on any atom is -0.464 e. The second-order valence-electron chi connectivity index (χ2n) is 6.86. The fraction of sp³-hybridized carbons (Fsp3) is 0.250. The number of carbonyl (C=O) groups is 2. The molecule has 0 radical (unpaired) electrons. The summed E-state index contributed by atoms with van der Waals surface area (Å²) >= 11 is 7.01. The molecule has 0 spiro atoms. The molecule has 2 amide bonds. The molecule has 3 heterocycles. The Morgan fingerprint density at radius 2 is 1.84 bits per heavy atom. The largest absolute Gasteiger partial charge is 0.464 e. The van der Waals surface area contributed by atoms with Gasteiger partial charge in [-0.1, -0.05) is 40.2 Å². The number of benzene rings is 1. The van der Waals surface area contributed by atoms with Crippen LogP contribution >= 0.6 is 22.9 Å². The molecule has 1 aromatic carbocycles. The van der Waals surface area contributed by atoms with Gasteiger partial charge in [-0.25, -0.2) is 4.98 Å². The Kier molecular flexibility index (Phi) is 6.49. The van der Waals surface area contributed by atoms with E-state index in [2.05, 4.69) is 15.2 Å². The van der Waals surface area contributed by atoms with Crippen LogP contribution in [0, 0.1) is 0 Å². The summed E-state index contributed by atoms with van der Waals surface area (Å²) in [4.78, 5) is 30.3. The van der Waals surface area contributed by atoms with E-state index in [-0.39, 0.29) is 23.1 Å². The van der Waals surface area contributed by atoms with Gasteiger partial charge in [-0.05, 0) is 17.7 Å². The van der Waals surface area contributed by atoms with Gasteiger partial charge < -0.3 is 25.8 Å². The zero-order valence-electron chi connectivity index (χ0n) is 16.8. The first-order chi connectivity index (χ1) is 15.4. The third-order valence-electron chi connectivity index (χ3n) is 4.77. The van der Waals surface area contributed by atoms with Crippen LogP contribution in [0.15, 0.2) is 30.5 Å². The molecule has 0 bridgehead atoms. The van der Waals surface area contributed by atoms with E-state index in [1.165, 1.54) is 6.20 Å². The highest BCUT2D eigenvalue weighted by molar-refractivity contribution is 7.16. The third-order valence-corrected chi connectivity index (χ3v) is 5.88. The number of aromatic nitrogens is 3. The van der Waals surface area contributed by atoms with Crippen LogP contribution in [0.5, 0.6) is 5.19 Å². The number of nitrogens with zero attached hydrogens (tertiary/aromatic N) is 4. The van der Waals surface area contributed by atoms with Crippen molar-refractivity contribution in [2.75, 3.05) is 31.2 Å². The molecule has 10 nitrogen and oxygen atoms in total. The van der Waals surface area contributed by atoms with Crippen molar-refractivity contribution in [3.05, 3.63) is 52.3 Å². The second-order valence-corrected chi connectivity index (χ2v) is 8.24. The van der Waals surface area contributed by atoms with E-state index in [1.54, 1.807) is 12.1 Å². The number of ether oxygens (including phenoxy) is 2. The van der Waals surface area contributed by atoms with E-state index in [1.807, 2.05) is 17.0 Å². The fourth-order valence-corrected chi connectivity index (χ4v) is 4.15. The second kappa shape index (κ2) is 9.47. The lowest BCUT2D eigenvalue weighted by Gasteiger charge is -2.31. The summed E-state index contributed by atoms with van der Waals surface area (Å²) < 4.78 is 11.1. The van der Waals surface area contributed by atoms with Crippen LogP contribution in [0.3, 0.4) is 0 Å². The molecule has 12 heteroatoms. The quantitative estimate of drug-likeness (QED) is 0.527. The molecule has 1 aliphatic heterocycles. The normalized spacial score (nSPS) is 13.7. The molecular weight excluding hydrogens is 456 g/mol. The van der Waals surface area contributed by atoms with Crippen LogP contribution in [0.1, 0.15) is 26.4 Å². The van der Waals surface area contributed by atoms with E-state index in [0.717, 1.165) is 16.9 Å². The molecule has 2 aromatic heterocycles. The maximum atomic E-state index is 12.2. The van der Waals surface area contributed by atoms with Crippen LogP contribution in [-0.4, -0.2) is 53.3 Å². The third kappa shape index (κ3) is 4.64. The van der Waals surface area contributed by atoms with Gasteiger partial charge in [0.05, 0.1) is 30.0 Å². The maximum Gasteiger partial charge on any atom is 0.294 e. The van der Waals surface area contributed by atoms with E-state index in [0.29, 0.717) is 47.6 Å². The van der Waals surface area contributed by atoms with Crippen molar-refractivity contribution in [2.24, 2.45) is 11.5 Å². The lowest BCUT2D eigenvalue weighted by atomic mass is 10.0. The zero-order valence-corrected chi connectivity index (χ0v) is 18.4. The van der Waals surface area contributed by atoms with Gasteiger partial charge in [0.1, 0.15) is 12.3 Å². The number of carbonyl (C=O) groups excluding carboxylic acids is 2. The number of anilines is 1. The predicted octanol–water partition coefficient (Wildman–Crippen LogP) is 1.87. The Hall–Kier alpha value is -3.28. The number of rotatable bonds is 7. The molecule has 4 rings (SSSR count). The number of morpholine rings is 1. The molecule has 4 N–H and O–H groups in total. The number of amides is 2. The summed E-state index contributed by atoms with van der Waals surface area (Å²) in [6.07, 6.45) is 1.26. The first-order valence-electron chi connectivity index (χ1n) is 9.60. The Morgan fingerprint density at radius 1 is 1.12 bits per heavy atom. The first kappa shape index (κ1) is 21.9. The minimum absolute atomic E-state index is 0.0307. The fourth-order valence-electron chi connectivity index (χ4n) is 3.28. The molecule has 166 valence electrons. The van der Waals surface area contributed by atoms with Crippen molar-refractivity contribution in [3.8, 4) is 15.8 Å². The van der Waals surface area contributed by atoms with Crippen molar-refractivity contribution in [3.63, 3.8) is 0 Å². The van der Waals surface area contributed by atoms with Crippen LogP contribution in [0.4, 0.5) is 5.69 Å². The van der Waals surface area contributed by atoms with E-state index in [4.69, 9.17) is 32.5 Å². The molecule has 3 aromatic rings. The number of hydrogen-bond donors (Lipinski definition) is 2. The Labute approximate surface area is 192 Å². The molecule has 0 atom stereocenters. The monoisotopic (exact) mass is 474 g/mol. The van der Waals surface area contributed by atoms with Gasteiger partial charge >= 0.3 is 0 Å². The van der Waals surface area contributed by atoms with Crippen molar-refractivity contribution >= 4 is 40.4 Å². The smallest absolute Gasteiger partial charge is 0.294 e. The summed E-state index contributed by atoms with van der Waals surface area (Å²) in [6, 6.07) is 7.21. The molecule has 1 aliphatic rings. The lowest BCUT2D eigenvalue weighted by molar-refractivity contribution is 0.0984. The van der Waals surface area contributed by atoms with Gasteiger partial charge in [0.15, 0.2) is 5.01 Å². The van der Waals surface area contributed by atoms with Crippen molar-refractivity contribution in [1.29, 1.82) is 0 Å². The zero-order chi connectivity index (χ0) is 22.7. The number of hydrogen-bond acceptors (Lipinski definition) is 9. The number of primary amides is 2. The highest BCUT2D eigenvalue weighted by Gasteiger charge is 2.29. The summed E-state index contributed by atoms with van der Waals surface area (Å²) in [5.41, 5.74) is 12.9. The number of nitrogens with two attached hydrogens (primary N) is 2. The molecule has 1 fully saturated rings. The predicted molar refractivity (Wildman–Crippen MR) is 119 cm³/mol. The van der Waals surface area contributed by atoms with Gasteiger partial charge in [-0.3, -0.25) is 9.59 Å². The lowest BCUT2D eigenvalue weighted by Crippen LogP contribution is -2.38. The van der Waals surface area contributed by atoms with E-state index in [9.17, 15) is 9.59 Å². The molecule has 32 heavy (non-hydrogen) atoms. The summed E-state index contributed by atoms with van der Waals surface area (Å²) in [6.45, 7) is 2.15. The molecule has 1 saturated heterocycles. The van der Waals surface area contributed by atoms with Gasteiger partial charge in [-0.2, -0.15) is 0 Å². The Balaban J connectivity index is 1.73. The molecular formula is C20H19ClN6O4S. The molecule has 0 aliphatic carbocycles. The van der Waals surface area contributed by atoms with Gasteiger partial charge in [0.2, 0.25) is 0 Å². The van der Waals surface area contributed by atoms with Gasteiger partial charge in [0.25, 0.3) is 17.0 Å². The van der Waals surface area contributed by atoms with E-state index >= 15 is 0 Å². The van der Waals surface area contributed by atoms with Gasteiger partial charge in [0, 0.05) is 24.3 Å². The number of pyridine rings is 1. The van der Waals surface area contributed by atoms with Crippen LogP contribution in [0.25, 0.3) is 10.6 Å². The standard InChI is InChI=1S/C20H19ClN6O4S/c21-12-3-1-11(2-4-12)10-31-20-26-25-19(32-20)14-15(18(23)29)24-9-13(17(22)28)16(14)27-5-7-30-8-6-27/h1-4,9H,5-8,10H2,(H2,22,28)(H2,23,29). The van der Waals surface area contributed by atoms with Crippen molar-refractivity contribution in [2.45, 2.75) is 6.61 Å². The average molecular weight is 475 g/mol. The highest BCUT2D eigenvalue weighted by Crippen LogP contribution is 2.39. The van der Waals surface area contributed by atoms with Crippen LogP contribution in [0.2, 0.25) is 5.02 Å². The summed E-state index contributed by atoms with van der Waals surface area (Å²) in [5, 5.41) is 9.49. The summed E-state index contributed by atoms with van der Waals surface area (Å²) in [7, 11) is 0. The average Bonchev–Trinajstić information content (AvgIpc) is 3.27. The summed E-state index contributed by atoms with van der Waals surface area (Å²) in [5.74, 6) is -1.44. The molecule has 0 saturated carbocycles. The highest BCUT2D eigenvalue weighted by atomic mass is 35.5. The molecule has 0 unspecified atom stereocenters. The number of halogens is 1. The van der Waals surface area contributed by atoms with Gasteiger partial charge in [-0.15, -0.1) is 5.10 Å². The SMILES string of the molecule is NC(=O)c1cnc(C(N)=O)c(-c2nnc(OCc3ccc(Cl)cc3)s2)c1N1CCOCC1. The van der Waals surface area contributed by atoms with Crippen LogP contribution in [-0.2, 0) is 11.3 Å². The first-order valence-corrected chi connectivity index (χ1v) is 10.8. The van der Waals surface area contributed by atoms with Crippen molar-refractivity contribution < 1.29 is 19.1 Å². The Morgan fingerprint density at radius 3 is 2.50 bits per heavy atom. The Bertz CT molecular complexity index is 1150. The topological polar surface area (TPSA) is 147 Å². The van der Waals surface area contributed by atoms with Crippen LogP contribution < -0.4 is 21.1 Å². The maximum absolute atomic E-state index is 12.2. The van der Waals surface area contributed by atoms with E-state index < -0.39 is 11.8 Å². The van der Waals surface area contributed by atoms with Crippen molar-refractivity contribution in [1.82, 2.24) is 15.2 Å².